The maximum Gasteiger partial charge on any atom is 0.159 e. The smallest absolute Gasteiger partial charge is 0.159 e. The molecule has 0 N–H and O–H groups in total. The summed E-state index contributed by atoms with van der Waals surface area (Å²) in [4.78, 5) is 11.1. The van der Waals surface area contributed by atoms with E-state index in [0.717, 1.165) is 31.3 Å². The van der Waals surface area contributed by atoms with Gasteiger partial charge in [-0.25, -0.2) is 0 Å². The SMILES string of the molecule is CCC=CCC1=CCCC1=O. The summed E-state index contributed by atoms with van der Waals surface area (Å²) in [6.07, 6.45) is 9.82. The molecule has 0 bridgehead atoms. The Labute approximate surface area is 67.8 Å². The fraction of sp³-hybridized carbons (Fsp3) is 0.500. The summed E-state index contributed by atoms with van der Waals surface area (Å²) in [5, 5.41) is 0. The number of Topliss-reactive ketones (excluding diaryl/α,β-unsaturated/α-hetero) is 1. The highest BCUT2D eigenvalue weighted by atomic mass is 16.1. The van der Waals surface area contributed by atoms with Crippen LogP contribution >= 0.6 is 0 Å². The van der Waals surface area contributed by atoms with E-state index in [0.29, 0.717) is 5.78 Å². The van der Waals surface area contributed by atoms with Crippen molar-refractivity contribution < 1.29 is 4.79 Å². The maximum atomic E-state index is 11.1. The van der Waals surface area contributed by atoms with Gasteiger partial charge in [0.25, 0.3) is 0 Å². The van der Waals surface area contributed by atoms with Crippen LogP contribution in [0.2, 0.25) is 0 Å². The highest BCUT2D eigenvalue weighted by Crippen LogP contribution is 2.17. The van der Waals surface area contributed by atoms with E-state index in [-0.39, 0.29) is 0 Å². The molecule has 0 aliphatic heterocycles. The standard InChI is InChI=1S/C10H14O/c1-2-3-4-6-9-7-5-8-10(9)11/h3-4,7H,2,5-6,8H2,1H3. The minimum absolute atomic E-state index is 0.339. The lowest BCUT2D eigenvalue weighted by Crippen LogP contribution is -1.93. The average molecular weight is 150 g/mol. The van der Waals surface area contributed by atoms with Crippen molar-refractivity contribution >= 4 is 5.78 Å². The highest BCUT2D eigenvalue weighted by Gasteiger charge is 2.12. The monoisotopic (exact) mass is 150 g/mol. The van der Waals surface area contributed by atoms with Crippen LogP contribution in [0.4, 0.5) is 0 Å². The molecule has 0 spiro atoms. The topological polar surface area (TPSA) is 17.1 Å². The molecule has 0 unspecified atom stereocenters. The van der Waals surface area contributed by atoms with Crippen LogP contribution in [0.3, 0.4) is 0 Å². The van der Waals surface area contributed by atoms with Crippen LogP contribution in [0, 0.1) is 0 Å². The van der Waals surface area contributed by atoms with Gasteiger partial charge in [0.2, 0.25) is 0 Å². The normalized spacial score (nSPS) is 17.9. The number of carbonyl (C=O) groups excluding carboxylic acids is 1. The summed E-state index contributed by atoms with van der Waals surface area (Å²) >= 11 is 0. The van der Waals surface area contributed by atoms with E-state index in [2.05, 4.69) is 25.2 Å². The van der Waals surface area contributed by atoms with Crippen molar-refractivity contribution in [1.82, 2.24) is 0 Å². The molecule has 0 saturated carbocycles. The molecule has 11 heavy (non-hydrogen) atoms. The van der Waals surface area contributed by atoms with Crippen molar-refractivity contribution in [2.24, 2.45) is 0 Å². The number of allylic oxidation sites excluding steroid dienone is 4. The first kappa shape index (κ1) is 8.25. The Morgan fingerprint density at radius 1 is 1.55 bits per heavy atom. The lowest BCUT2D eigenvalue weighted by Gasteiger charge is -1.92. The molecule has 0 aromatic carbocycles. The molecule has 1 rings (SSSR count). The van der Waals surface area contributed by atoms with Gasteiger partial charge in [0.1, 0.15) is 0 Å². The van der Waals surface area contributed by atoms with Crippen LogP contribution in [0.1, 0.15) is 32.6 Å². The van der Waals surface area contributed by atoms with Gasteiger partial charge in [-0.1, -0.05) is 25.2 Å². The van der Waals surface area contributed by atoms with Crippen LogP contribution in [-0.4, -0.2) is 5.78 Å². The van der Waals surface area contributed by atoms with Gasteiger partial charge < -0.3 is 0 Å². The largest absolute Gasteiger partial charge is 0.295 e. The Morgan fingerprint density at radius 2 is 2.36 bits per heavy atom. The lowest BCUT2D eigenvalue weighted by atomic mass is 10.1. The Balaban J connectivity index is 2.37. The number of rotatable bonds is 3. The minimum atomic E-state index is 0.339. The quantitative estimate of drug-likeness (QED) is 0.565. The number of hydrogen-bond donors (Lipinski definition) is 0. The molecule has 0 aromatic rings. The van der Waals surface area contributed by atoms with E-state index in [9.17, 15) is 4.79 Å². The average Bonchev–Trinajstić information content (AvgIpc) is 2.37. The fourth-order valence-electron chi connectivity index (χ4n) is 1.23. The molecule has 1 heteroatoms. The molecule has 0 fully saturated rings. The highest BCUT2D eigenvalue weighted by molar-refractivity contribution is 5.97. The van der Waals surface area contributed by atoms with Crippen LogP contribution in [0.15, 0.2) is 23.8 Å². The second kappa shape index (κ2) is 4.12. The van der Waals surface area contributed by atoms with Gasteiger partial charge in [-0.2, -0.15) is 0 Å². The molecule has 0 radical (unpaired) electrons. The molecule has 0 saturated heterocycles. The second-order valence-corrected chi connectivity index (χ2v) is 2.77. The molecule has 0 heterocycles. The third kappa shape index (κ3) is 2.34. The third-order valence-electron chi connectivity index (χ3n) is 1.86. The van der Waals surface area contributed by atoms with E-state index in [1.54, 1.807) is 0 Å². The molecule has 1 aliphatic rings. The fourth-order valence-corrected chi connectivity index (χ4v) is 1.23. The summed E-state index contributed by atoms with van der Waals surface area (Å²) in [5.74, 6) is 0.339. The molecule has 60 valence electrons. The molecular weight excluding hydrogens is 136 g/mol. The first-order chi connectivity index (χ1) is 5.34. The molecule has 1 nitrogen and oxygen atoms in total. The summed E-state index contributed by atoms with van der Waals surface area (Å²) in [6.45, 7) is 2.10. The second-order valence-electron chi connectivity index (χ2n) is 2.77. The first-order valence-corrected chi connectivity index (χ1v) is 4.22. The minimum Gasteiger partial charge on any atom is -0.295 e. The molecule has 0 aromatic heterocycles. The van der Waals surface area contributed by atoms with Crippen molar-refractivity contribution in [3.05, 3.63) is 23.8 Å². The van der Waals surface area contributed by atoms with Gasteiger partial charge in [-0.3, -0.25) is 4.79 Å². The van der Waals surface area contributed by atoms with Crippen LogP contribution in [-0.2, 0) is 4.79 Å². The number of hydrogen-bond acceptors (Lipinski definition) is 1. The zero-order valence-corrected chi connectivity index (χ0v) is 6.97. The molecule has 0 atom stereocenters. The predicted molar refractivity (Wildman–Crippen MR) is 46.4 cm³/mol. The van der Waals surface area contributed by atoms with Crippen LogP contribution < -0.4 is 0 Å². The van der Waals surface area contributed by atoms with Gasteiger partial charge in [0, 0.05) is 6.42 Å². The van der Waals surface area contributed by atoms with Gasteiger partial charge in [0.15, 0.2) is 5.78 Å². The van der Waals surface area contributed by atoms with E-state index in [1.807, 2.05) is 0 Å². The molecular formula is C10H14O. The van der Waals surface area contributed by atoms with Crippen LogP contribution in [0.25, 0.3) is 0 Å². The van der Waals surface area contributed by atoms with Gasteiger partial charge >= 0.3 is 0 Å². The van der Waals surface area contributed by atoms with Gasteiger partial charge in [-0.15, -0.1) is 0 Å². The van der Waals surface area contributed by atoms with Crippen molar-refractivity contribution in [2.75, 3.05) is 0 Å². The lowest BCUT2D eigenvalue weighted by molar-refractivity contribution is -0.114. The predicted octanol–water partition coefficient (Wildman–Crippen LogP) is 2.63. The summed E-state index contributed by atoms with van der Waals surface area (Å²) in [5.41, 5.74) is 1.01. The van der Waals surface area contributed by atoms with E-state index in [4.69, 9.17) is 0 Å². The zero-order chi connectivity index (χ0) is 8.10. The Kier molecular flexibility index (Phi) is 3.09. The summed E-state index contributed by atoms with van der Waals surface area (Å²) < 4.78 is 0. The Morgan fingerprint density at radius 3 is 2.91 bits per heavy atom. The van der Waals surface area contributed by atoms with Gasteiger partial charge in [-0.05, 0) is 24.8 Å². The van der Waals surface area contributed by atoms with Crippen molar-refractivity contribution in [2.45, 2.75) is 32.6 Å². The number of carbonyl (C=O) groups is 1. The van der Waals surface area contributed by atoms with E-state index in [1.165, 1.54) is 0 Å². The zero-order valence-electron chi connectivity index (χ0n) is 6.97. The Hall–Kier alpha value is -0.850. The van der Waals surface area contributed by atoms with Crippen LogP contribution in [0.5, 0.6) is 0 Å². The van der Waals surface area contributed by atoms with Crippen molar-refractivity contribution in [3.8, 4) is 0 Å². The number of ketones is 1. The summed E-state index contributed by atoms with van der Waals surface area (Å²) in [6, 6.07) is 0. The van der Waals surface area contributed by atoms with Gasteiger partial charge in [0.05, 0.1) is 0 Å². The summed E-state index contributed by atoms with van der Waals surface area (Å²) in [7, 11) is 0. The van der Waals surface area contributed by atoms with E-state index >= 15 is 0 Å². The van der Waals surface area contributed by atoms with Crippen molar-refractivity contribution in [1.29, 1.82) is 0 Å². The van der Waals surface area contributed by atoms with Crippen molar-refractivity contribution in [3.63, 3.8) is 0 Å². The maximum absolute atomic E-state index is 11.1. The third-order valence-corrected chi connectivity index (χ3v) is 1.86. The van der Waals surface area contributed by atoms with E-state index < -0.39 is 0 Å². The molecule has 1 aliphatic carbocycles. The first-order valence-electron chi connectivity index (χ1n) is 4.22. The molecule has 0 amide bonds. The Bertz CT molecular complexity index is 199.